The molecule has 1 unspecified atom stereocenters. The molecule has 0 radical (unpaired) electrons. The number of halogens is 2. The van der Waals surface area contributed by atoms with E-state index in [0.29, 0.717) is 5.56 Å². The molecule has 9 heteroatoms. The van der Waals surface area contributed by atoms with Crippen LogP contribution in [0.4, 0.5) is 14.5 Å². The Bertz CT molecular complexity index is 1310. The van der Waals surface area contributed by atoms with Gasteiger partial charge in [-0.1, -0.05) is 67.6 Å². The maximum absolute atomic E-state index is 14.3. The second kappa shape index (κ2) is 11.5. The third kappa shape index (κ3) is 5.43. The minimum atomic E-state index is -1.15. The van der Waals surface area contributed by atoms with Crippen molar-refractivity contribution in [2.45, 2.75) is 44.4 Å². The zero-order valence-electron chi connectivity index (χ0n) is 21.4. The third-order valence-electron chi connectivity index (χ3n) is 6.96. The molecule has 0 aromatic heterocycles. The van der Waals surface area contributed by atoms with Gasteiger partial charge in [0.25, 0.3) is 5.91 Å². The Balaban J connectivity index is 1.71. The van der Waals surface area contributed by atoms with E-state index in [4.69, 9.17) is 0 Å². The topological polar surface area (TPSA) is 90.5 Å². The lowest BCUT2D eigenvalue weighted by molar-refractivity contribution is -0.142. The SMILES string of the molecule is CNC(C)C(=O)N[C@H](C(=O)N1Cc2ccccc2[C@H]1C(=O)Nc1c(F)cccc1F)[C@@H](C)c1ccccc1. The van der Waals surface area contributed by atoms with Gasteiger partial charge in [-0.15, -0.1) is 0 Å². The van der Waals surface area contributed by atoms with Crippen molar-refractivity contribution in [2.75, 3.05) is 12.4 Å². The molecule has 38 heavy (non-hydrogen) atoms. The number of carbonyl (C=O) groups excluding carboxylic acids is 3. The fourth-order valence-electron chi connectivity index (χ4n) is 4.62. The lowest BCUT2D eigenvalue weighted by Crippen LogP contribution is -2.54. The van der Waals surface area contributed by atoms with Gasteiger partial charge in [0.15, 0.2) is 0 Å². The largest absolute Gasteiger partial charge is 0.342 e. The minimum absolute atomic E-state index is 0.0995. The van der Waals surface area contributed by atoms with Gasteiger partial charge >= 0.3 is 0 Å². The Morgan fingerprint density at radius 2 is 1.53 bits per heavy atom. The van der Waals surface area contributed by atoms with Crippen LogP contribution in [0.1, 0.15) is 42.5 Å². The van der Waals surface area contributed by atoms with Gasteiger partial charge in [0.2, 0.25) is 11.8 Å². The third-order valence-corrected chi connectivity index (χ3v) is 6.96. The Labute approximate surface area is 220 Å². The van der Waals surface area contributed by atoms with Gasteiger partial charge in [-0.05, 0) is 42.8 Å². The first-order valence-electron chi connectivity index (χ1n) is 12.4. The molecule has 0 aliphatic carbocycles. The number of hydrogen-bond donors (Lipinski definition) is 3. The number of carbonyl (C=O) groups is 3. The zero-order chi connectivity index (χ0) is 27.4. The number of rotatable bonds is 8. The highest BCUT2D eigenvalue weighted by Crippen LogP contribution is 2.36. The molecule has 0 saturated heterocycles. The highest BCUT2D eigenvalue weighted by molar-refractivity contribution is 6.00. The summed E-state index contributed by atoms with van der Waals surface area (Å²) in [5.74, 6) is -3.90. The van der Waals surface area contributed by atoms with Crippen molar-refractivity contribution < 1.29 is 23.2 Å². The lowest BCUT2D eigenvalue weighted by atomic mass is 9.91. The standard InChI is InChI=1S/C29H30F2N4O3/c1-17(19-10-5-4-6-11-19)24(33-27(36)18(2)32-3)29(38)35-16-20-12-7-8-13-21(20)26(35)28(37)34-25-22(30)14-9-15-23(25)31/h4-15,17-18,24,26,32H,16H2,1-3H3,(H,33,36)(H,34,37)/t17-,18?,24-,26-/m0/s1. The monoisotopic (exact) mass is 520 g/mol. The van der Waals surface area contributed by atoms with Crippen molar-refractivity contribution in [3.63, 3.8) is 0 Å². The van der Waals surface area contributed by atoms with Gasteiger partial charge < -0.3 is 20.9 Å². The molecule has 1 heterocycles. The van der Waals surface area contributed by atoms with Crippen molar-refractivity contribution in [3.8, 4) is 0 Å². The molecule has 1 aliphatic heterocycles. The number of anilines is 1. The van der Waals surface area contributed by atoms with Crippen LogP contribution in [0.3, 0.4) is 0 Å². The molecule has 0 fully saturated rings. The van der Waals surface area contributed by atoms with E-state index in [-0.39, 0.29) is 12.5 Å². The van der Waals surface area contributed by atoms with Crippen molar-refractivity contribution in [2.24, 2.45) is 0 Å². The fraction of sp³-hybridized carbons (Fsp3) is 0.276. The summed E-state index contributed by atoms with van der Waals surface area (Å²) in [7, 11) is 1.64. The normalized spacial score (nSPS) is 16.8. The van der Waals surface area contributed by atoms with Gasteiger partial charge in [-0.3, -0.25) is 14.4 Å². The molecule has 3 amide bonds. The highest BCUT2D eigenvalue weighted by Gasteiger charge is 2.43. The quantitative estimate of drug-likeness (QED) is 0.421. The first-order chi connectivity index (χ1) is 18.2. The Kier molecular flexibility index (Phi) is 8.16. The zero-order valence-corrected chi connectivity index (χ0v) is 21.4. The average Bonchev–Trinajstić information content (AvgIpc) is 3.32. The van der Waals surface area contributed by atoms with Crippen molar-refractivity contribution in [1.82, 2.24) is 15.5 Å². The van der Waals surface area contributed by atoms with E-state index in [9.17, 15) is 23.2 Å². The first kappa shape index (κ1) is 26.9. The molecule has 3 aromatic rings. The predicted molar refractivity (Wildman–Crippen MR) is 140 cm³/mol. The fourth-order valence-corrected chi connectivity index (χ4v) is 4.62. The van der Waals surface area contributed by atoms with Crippen LogP contribution >= 0.6 is 0 Å². The molecule has 4 rings (SSSR count). The number of nitrogens with zero attached hydrogens (tertiary/aromatic N) is 1. The summed E-state index contributed by atoms with van der Waals surface area (Å²) in [5.41, 5.74) is 1.53. The summed E-state index contributed by atoms with van der Waals surface area (Å²) in [6.07, 6.45) is 0. The molecule has 198 valence electrons. The number of benzene rings is 3. The van der Waals surface area contributed by atoms with Crippen LogP contribution in [0, 0.1) is 11.6 Å². The molecular weight excluding hydrogens is 490 g/mol. The molecule has 0 spiro atoms. The molecule has 4 atom stereocenters. The molecule has 3 aromatic carbocycles. The molecule has 1 aliphatic rings. The van der Waals surface area contributed by atoms with Gasteiger partial charge in [0.05, 0.1) is 6.04 Å². The van der Waals surface area contributed by atoms with Crippen molar-refractivity contribution in [1.29, 1.82) is 0 Å². The van der Waals surface area contributed by atoms with Gasteiger partial charge in [-0.2, -0.15) is 0 Å². The van der Waals surface area contributed by atoms with E-state index in [0.717, 1.165) is 23.3 Å². The maximum atomic E-state index is 14.3. The number of amides is 3. The van der Waals surface area contributed by atoms with E-state index >= 15 is 0 Å². The summed E-state index contributed by atoms with van der Waals surface area (Å²) in [6, 6.07) is 16.9. The summed E-state index contributed by atoms with van der Waals surface area (Å²) in [6.45, 7) is 3.60. The number of hydrogen-bond acceptors (Lipinski definition) is 4. The van der Waals surface area contributed by atoms with Crippen LogP contribution in [-0.2, 0) is 20.9 Å². The summed E-state index contributed by atoms with van der Waals surface area (Å²) < 4.78 is 28.7. The van der Waals surface area contributed by atoms with Crippen LogP contribution < -0.4 is 16.0 Å². The molecule has 0 bridgehead atoms. The first-order valence-corrected chi connectivity index (χ1v) is 12.4. The van der Waals surface area contributed by atoms with Crippen LogP contribution in [0.15, 0.2) is 72.8 Å². The molecule has 3 N–H and O–H groups in total. The second-order valence-corrected chi connectivity index (χ2v) is 9.35. The van der Waals surface area contributed by atoms with Gasteiger partial charge in [0, 0.05) is 12.5 Å². The number of likely N-dealkylation sites (N-methyl/N-ethyl adjacent to an activating group) is 1. The van der Waals surface area contributed by atoms with Gasteiger partial charge in [-0.25, -0.2) is 8.78 Å². The molecule has 0 saturated carbocycles. The number of nitrogens with one attached hydrogen (secondary N) is 3. The predicted octanol–water partition coefficient (Wildman–Crippen LogP) is 3.88. The van der Waals surface area contributed by atoms with E-state index in [2.05, 4.69) is 16.0 Å². The lowest BCUT2D eigenvalue weighted by Gasteiger charge is -2.32. The molecule has 7 nitrogen and oxygen atoms in total. The minimum Gasteiger partial charge on any atom is -0.342 e. The summed E-state index contributed by atoms with van der Waals surface area (Å²) in [5, 5.41) is 8.05. The van der Waals surface area contributed by atoms with Crippen LogP contribution in [0.25, 0.3) is 0 Å². The van der Waals surface area contributed by atoms with E-state index in [1.165, 1.54) is 11.0 Å². The van der Waals surface area contributed by atoms with Crippen LogP contribution in [-0.4, -0.2) is 41.8 Å². The van der Waals surface area contributed by atoms with E-state index in [1.54, 1.807) is 38.2 Å². The average molecular weight is 521 g/mol. The summed E-state index contributed by atoms with van der Waals surface area (Å²) >= 11 is 0. The smallest absolute Gasteiger partial charge is 0.252 e. The van der Waals surface area contributed by atoms with Crippen molar-refractivity contribution >= 4 is 23.4 Å². The Morgan fingerprint density at radius 1 is 0.895 bits per heavy atom. The summed E-state index contributed by atoms with van der Waals surface area (Å²) in [4.78, 5) is 41.9. The Morgan fingerprint density at radius 3 is 2.18 bits per heavy atom. The van der Waals surface area contributed by atoms with Crippen LogP contribution in [0.5, 0.6) is 0 Å². The van der Waals surface area contributed by atoms with Crippen LogP contribution in [0.2, 0.25) is 0 Å². The van der Waals surface area contributed by atoms with E-state index < -0.39 is 53.2 Å². The second-order valence-electron chi connectivity index (χ2n) is 9.35. The highest BCUT2D eigenvalue weighted by atomic mass is 19.1. The maximum Gasteiger partial charge on any atom is 0.252 e. The van der Waals surface area contributed by atoms with Gasteiger partial charge in [0.1, 0.15) is 29.4 Å². The molecular formula is C29H30F2N4O3. The van der Waals surface area contributed by atoms with Crippen molar-refractivity contribution in [3.05, 3.63) is 101 Å². The number of para-hydroxylation sites is 1. The van der Waals surface area contributed by atoms with E-state index in [1.807, 2.05) is 37.3 Å². The Hall–Kier alpha value is -4.11. The number of fused-ring (bicyclic) bond motifs is 1.